The molecule has 0 fully saturated rings. The molecule has 1 amide bonds. The largest absolute Gasteiger partial charge is 0.384 e. The number of nitriles is 1. The van der Waals surface area contributed by atoms with E-state index in [0.717, 1.165) is 21.8 Å². The van der Waals surface area contributed by atoms with Crippen LogP contribution in [0, 0.1) is 25.2 Å². The molecule has 3 aromatic rings. The summed E-state index contributed by atoms with van der Waals surface area (Å²) in [7, 11) is 0. The minimum atomic E-state index is -0.515. The molecule has 1 unspecified atom stereocenters. The molecule has 1 aliphatic heterocycles. The minimum absolute atomic E-state index is 0.0137. The fourth-order valence-corrected chi connectivity index (χ4v) is 6.67. The Balaban J connectivity index is 1.43. The molecule has 2 aromatic heterocycles. The maximum atomic E-state index is 13.2. The Kier molecular flexibility index (Phi) is 7.05. The van der Waals surface area contributed by atoms with Crippen LogP contribution in [-0.2, 0) is 9.59 Å². The number of allylic oxidation sites excluding steroid dienone is 3. The van der Waals surface area contributed by atoms with Gasteiger partial charge in [0.05, 0.1) is 23.3 Å². The number of nitrogens with two attached hydrogens (primary N) is 1. The van der Waals surface area contributed by atoms with Crippen molar-refractivity contribution < 1.29 is 9.59 Å². The van der Waals surface area contributed by atoms with Gasteiger partial charge in [0.25, 0.3) is 0 Å². The number of rotatable bonds is 6. The van der Waals surface area contributed by atoms with E-state index in [1.165, 1.54) is 34.4 Å². The standard InChI is InChI=1S/C24H22N8O2S3/c1-12-6-8-14(9-7-12)19-15(10-25)21(26)32(16-4-3-5-17(33)20(16)19)23-30-31-24(37-23)35-11-18(34)27-22-29-28-13(2)36-22/h6-9,19H,3-5,11,26H2,1-2H3,(H,27,29,34). The van der Waals surface area contributed by atoms with Gasteiger partial charge in [0.1, 0.15) is 10.8 Å². The van der Waals surface area contributed by atoms with Crippen molar-refractivity contribution in [3.63, 3.8) is 0 Å². The lowest BCUT2D eigenvalue weighted by molar-refractivity contribution is -0.116. The van der Waals surface area contributed by atoms with Crippen molar-refractivity contribution in [3.05, 3.63) is 63.1 Å². The Hall–Kier alpha value is -3.60. The van der Waals surface area contributed by atoms with Gasteiger partial charge in [-0.25, -0.2) is 0 Å². The van der Waals surface area contributed by atoms with Crippen LogP contribution in [0.25, 0.3) is 0 Å². The van der Waals surface area contributed by atoms with Crippen molar-refractivity contribution in [1.29, 1.82) is 5.26 Å². The highest BCUT2D eigenvalue weighted by molar-refractivity contribution is 8.01. The zero-order valence-electron chi connectivity index (χ0n) is 20.0. The maximum absolute atomic E-state index is 13.2. The average Bonchev–Trinajstić information content (AvgIpc) is 3.51. The summed E-state index contributed by atoms with van der Waals surface area (Å²) in [6.45, 7) is 3.80. The van der Waals surface area contributed by atoms with Crippen LogP contribution >= 0.6 is 34.4 Å². The predicted molar refractivity (Wildman–Crippen MR) is 143 cm³/mol. The van der Waals surface area contributed by atoms with E-state index in [4.69, 9.17) is 5.73 Å². The number of thioether (sulfide) groups is 1. The minimum Gasteiger partial charge on any atom is -0.384 e. The summed E-state index contributed by atoms with van der Waals surface area (Å²) in [5.41, 5.74) is 10.2. The van der Waals surface area contributed by atoms with Crippen LogP contribution in [0.2, 0.25) is 0 Å². The first-order valence-electron chi connectivity index (χ1n) is 11.4. The fraction of sp³-hybridized carbons (Fsp3) is 0.292. The number of nitrogens with zero attached hydrogens (tertiary/aromatic N) is 6. The molecule has 13 heteroatoms. The summed E-state index contributed by atoms with van der Waals surface area (Å²) >= 11 is 3.79. The first kappa shape index (κ1) is 25.1. The molecular formula is C24H22N8O2S3. The molecule has 3 heterocycles. The van der Waals surface area contributed by atoms with E-state index in [-0.39, 0.29) is 23.3 Å². The van der Waals surface area contributed by atoms with E-state index in [1.807, 2.05) is 38.1 Å². The van der Waals surface area contributed by atoms with E-state index in [0.29, 0.717) is 45.0 Å². The van der Waals surface area contributed by atoms with Gasteiger partial charge in [0.2, 0.25) is 16.2 Å². The van der Waals surface area contributed by atoms with Crippen molar-refractivity contribution in [2.45, 2.75) is 43.4 Å². The van der Waals surface area contributed by atoms with Crippen LogP contribution < -0.4 is 16.0 Å². The van der Waals surface area contributed by atoms with Crippen molar-refractivity contribution in [1.82, 2.24) is 20.4 Å². The van der Waals surface area contributed by atoms with Crippen LogP contribution in [0.3, 0.4) is 0 Å². The number of benzene rings is 1. The Morgan fingerprint density at radius 2 is 1.97 bits per heavy atom. The normalized spacial score (nSPS) is 17.6. The Labute approximate surface area is 225 Å². The third-order valence-corrected chi connectivity index (χ3v) is 8.81. The Morgan fingerprint density at radius 1 is 1.19 bits per heavy atom. The molecule has 0 spiro atoms. The van der Waals surface area contributed by atoms with Gasteiger partial charge in [0.15, 0.2) is 10.1 Å². The molecule has 10 nitrogen and oxygen atoms in total. The number of amides is 1. The predicted octanol–water partition coefficient (Wildman–Crippen LogP) is 4.04. The number of anilines is 2. The van der Waals surface area contributed by atoms with E-state index in [1.54, 1.807) is 4.90 Å². The van der Waals surface area contributed by atoms with Crippen molar-refractivity contribution >= 4 is 56.4 Å². The van der Waals surface area contributed by atoms with Crippen molar-refractivity contribution in [3.8, 4) is 6.07 Å². The van der Waals surface area contributed by atoms with Gasteiger partial charge in [-0.1, -0.05) is 64.3 Å². The van der Waals surface area contributed by atoms with Gasteiger partial charge in [-0.2, -0.15) is 5.26 Å². The van der Waals surface area contributed by atoms with Gasteiger partial charge >= 0.3 is 0 Å². The zero-order chi connectivity index (χ0) is 26.1. The van der Waals surface area contributed by atoms with Crippen LogP contribution in [0.4, 0.5) is 10.3 Å². The highest BCUT2D eigenvalue weighted by Crippen LogP contribution is 2.47. The van der Waals surface area contributed by atoms with E-state index in [2.05, 4.69) is 31.8 Å². The summed E-state index contributed by atoms with van der Waals surface area (Å²) in [5, 5.41) is 30.8. The van der Waals surface area contributed by atoms with E-state index >= 15 is 0 Å². The number of carbonyl (C=O) groups is 2. The van der Waals surface area contributed by atoms with Crippen LogP contribution in [0.1, 0.15) is 41.3 Å². The van der Waals surface area contributed by atoms with Gasteiger partial charge in [-0.3, -0.25) is 19.8 Å². The van der Waals surface area contributed by atoms with Crippen LogP contribution in [0.5, 0.6) is 0 Å². The molecule has 1 aliphatic carbocycles. The first-order chi connectivity index (χ1) is 17.9. The highest BCUT2D eigenvalue weighted by atomic mass is 32.2. The van der Waals surface area contributed by atoms with Crippen LogP contribution in [0.15, 0.2) is 51.3 Å². The Morgan fingerprint density at radius 3 is 2.68 bits per heavy atom. The number of carbonyl (C=O) groups excluding carboxylic acids is 2. The molecule has 5 rings (SSSR count). The van der Waals surface area contributed by atoms with Gasteiger partial charge in [0, 0.05) is 17.7 Å². The zero-order valence-corrected chi connectivity index (χ0v) is 22.5. The second-order valence-corrected chi connectivity index (χ2v) is 11.9. The molecule has 0 radical (unpaired) electrons. The molecule has 2 aliphatic rings. The number of hydrogen-bond donors (Lipinski definition) is 2. The molecule has 1 aromatic carbocycles. The third-order valence-electron chi connectivity index (χ3n) is 6.01. The van der Waals surface area contributed by atoms with Gasteiger partial charge < -0.3 is 5.73 Å². The topological polar surface area (TPSA) is 151 Å². The first-order valence-corrected chi connectivity index (χ1v) is 14.1. The number of ketones is 1. The number of Topliss-reactive ketones (excluding diaryl/α,β-unsaturated/α-hetero) is 1. The Bertz CT molecular complexity index is 1480. The molecule has 0 saturated heterocycles. The summed E-state index contributed by atoms with van der Waals surface area (Å²) in [4.78, 5) is 27.2. The quantitative estimate of drug-likeness (QED) is 0.430. The smallest absolute Gasteiger partial charge is 0.236 e. The van der Waals surface area contributed by atoms with Crippen LogP contribution in [-0.4, -0.2) is 37.8 Å². The lowest BCUT2D eigenvalue weighted by Gasteiger charge is -2.38. The molecule has 37 heavy (non-hydrogen) atoms. The summed E-state index contributed by atoms with van der Waals surface area (Å²) in [5.74, 6) is -0.368. The van der Waals surface area contributed by atoms with E-state index < -0.39 is 5.92 Å². The highest BCUT2D eigenvalue weighted by Gasteiger charge is 2.41. The SMILES string of the molecule is Cc1ccc(C2C(C#N)=C(N)N(c3nnc(SCC(=O)Nc4nnc(C)s4)s3)C3=C2C(=O)CCC3)cc1. The molecular weight excluding hydrogens is 529 g/mol. The second kappa shape index (κ2) is 10.4. The van der Waals surface area contributed by atoms with Gasteiger partial charge in [-0.15, -0.1) is 20.4 Å². The van der Waals surface area contributed by atoms with Gasteiger partial charge in [-0.05, 0) is 32.3 Å². The maximum Gasteiger partial charge on any atom is 0.236 e. The average molecular weight is 551 g/mol. The van der Waals surface area contributed by atoms with Crippen molar-refractivity contribution in [2.75, 3.05) is 16.0 Å². The molecule has 0 bridgehead atoms. The lowest BCUT2D eigenvalue weighted by atomic mass is 9.75. The lowest BCUT2D eigenvalue weighted by Crippen LogP contribution is -2.38. The molecule has 188 valence electrons. The molecule has 0 saturated carbocycles. The van der Waals surface area contributed by atoms with Crippen molar-refractivity contribution in [2.24, 2.45) is 5.73 Å². The molecule has 1 atom stereocenters. The second-order valence-electron chi connectivity index (χ2n) is 8.54. The third kappa shape index (κ3) is 5.00. The molecule has 3 N–H and O–H groups in total. The summed E-state index contributed by atoms with van der Waals surface area (Å²) in [6.07, 6.45) is 1.75. The summed E-state index contributed by atoms with van der Waals surface area (Å²) in [6, 6.07) is 10.1. The number of hydrogen-bond acceptors (Lipinski definition) is 12. The number of aryl methyl sites for hydroxylation is 2. The number of nitrogens with one attached hydrogen (secondary N) is 1. The fourth-order valence-electron chi connectivity index (χ4n) is 4.38. The summed E-state index contributed by atoms with van der Waals surface area (Å²) < 4.78 is 0.565. The number of aromatic nitrogens is 4. The monoisotopic (exact) mass is 550 g/mol. The van der Waals surface area contributed by atoms with E-state index in [9.17, 15) is 14.9 Å².